The Morgan fingerprint density at radius 3 is 2.97 bits per heavy atom. The van der Waals surface area contributed by atoms with Gasteiger partial charge >= 0.3 is 0 Å². The third-order valence-electron chi connectivity index (χ3n) is 4.69. The molecule has 156 valence electrons. The molecule has 0 aliphatic carbocycles. The van der Waals surface area contributed by atoms with Gasteiger partial charge in [0.15, 0.2) is 5.17 Å². The number of fused-ring (bicyclic) bond motifs is 1. The van der Waals surface area contributed by atoms with Gasteiger partial charge < -0.3 is 25.0 Å². The van der Waals surface area contributed by atoms with E-state index in [0.29, 0.717) is 28.2 Å². The number of para-hydroxylation sites is 1. The number of hydrogen-bond acceptors (Lipinski definition) is 8. The SMILES string of the molecule is CCN=C1NC2C(OC(Cn3cc(COc4ccccc4Cl)nn3)C(O)C2O)S1. The lowest BCUT2D eigenvalue weighted by atomic mass is 9.98. The minimum atomic E-state index is -1.06. The third kappa shape index (κ3) is 4.51. The molecule has 0 amide bonds. The lowest BCUT2D eigenvalue weighted by Gasteiger charge is -2.38. The van der Waals surface area contributed by atoms with Crippen LogP contribution in [0.25, 0.3) is 0 Å². The maximum atomic E-state index is 10.5. The predicted molar refractivity (Wildman–Crippen MR) is 109 cm³/mol. The molecule has 5 unspecified atom stereocenters. The number of thioether (sulfide) groups is 1. The maximum absolute atomic E-state index is 10.5. The van der Waals surface area contributed by atoms with E-state index >= 15 is 0 Å². The average molecular weight is 440 g/mol. The number of nitrogens with zero attached hydrogens (tertiary/aromatic N) is 4. The summed E-state index contributed by atoms with van der Waals surface area (Å²) in [5, 5.41) is 33.5. The van der Waals surface area contributed by atoms with E-state index in [9.17, 15) is 10.2 Å². The smallest absolute Gasteiger partial charge is 0.159 e. The summed E-state index contributed by atoms with van der Waals surface area (Å²) >= 11 is 7.50. The van der Waals surface area contributed by atoms with Gasteiger partial charge in [-0.15, -0.1) is 5.10 Å². The Labute approximate surface area is 177 Å². The zero-order valence-electron chi connectivity index (χ0n) is 15.7. The van der Waals surface area contributed by atoms with Crippen LogP contribution in [0, 0.1) is 0 Å². The van der Waals surface area contributed by atoms with Gasteiger partial charge in [0.05, 0.1) is 23.8 Å². The van der Waals surface area contributed by atoms with Crippen LogP contribution in [0.15, 0.2) is 35.5 Å². The van der Waals surface area contributed by atoms with Gasteiger partial charge in [-0.05, 0) is 19.1 Å². The van der Waals surface area contributed by atoms with Crippen LogP contribution in [0.3, 0.4) is 0 Å². The summed E-state index contributed by atoms with van der Waals surface area (Å²) in [5.41, 5.74) is 0.290. The normalized spacial score (nSPS) is 30.2. The number of aromatic nitrogens is 3. The van der Waals surface area contributed by atoms with Gasteiger partial charge in [-0.25, -0.2) is 4.68 Å². The van der Waals surface area contributed by atoms with Gasteiger partial charge in [0.25, 0.3) is 0 Å². The molecule has 29 heavy (non-hydrogen) atoms. The predicted octanol–water partition coefficient (Wildman–Crippen LogP) is 1.04. The number of benzene rings is 1. The van der Waals surface area contributed by atoms with E-state index in [-0.39, 0.29) is 18.6 Å². The quantitative estimate of drug-likeness (QED) is 0.611. The Hall–Kier alpha value is -1.85. The third-order valence-corrected chi connectivity index (χ3v) is 6.10. The molecule has 4 rings (SSSR count). The van der Waals surface area contributed by atoms with Crippen LogP contribution in [-0.4, -0.2) is 66.7 Å². The van der Waals surface area contributed by atoms with E-state index in [4.69, 9.17) is 21.1 Å². The molecule has 0 bridgehead atoms. The molecule has 2 aromatic rings. The molecule has 0 radical (unpaired) electrons. The van der Waals surface area contributed by atoms with Crippen LogP contribution in [0.1, 0.15) is 12.6 Å². The molecular formula is C18H22ClN5O4S. The highest BCUT2D eigenvalue weighted by Gasteiger charge is 2.49. The average Bonchev–Trinajstić information content (AvgIpc) is 3.32. The van der Waals surface area contributed by atoms with Crippen molar-refractivity contribution in [3.63, 3.8) is 0 Å². The minimum absolute atomic E-state index is 0.210. The van der Waals surface area contributed by atoms with Crippen molar-refractivity contribution in [2.45, 2.75) is 49.9 Å². The first kappa shape index (κ1) is 20.4. The second-order valence-electron chi connectivity index (χ2n) is 6.74. The van der Waals surface area contributed by atoms with Crippen molar-refractivity contribution in [3.05, 3.63) is 41.2 Å². The Kier molecular flexibility index (Phi) is 6.26. The Morgan fingerprint density at radius 2 is 2.17 bits per heavy atom. The summed E-state index contributed by atoms with van der Waals surface area (Å²) in [5.74, 6) is 0.569. The lowest BCUT2D eigenvalue weighted by molar-refractivity contribution is -0.160. The molecule has 2 fully saturated rings. The first-order valence-corrected chi connectivity index (χ1v) is 10.6. The number of ether oxygens (including phenoxy) is 2. The van der Waals surface area contributed by atoms with Crippen molar-refractivity contribution < 1.29 is 19.7 Å². The summed E-state index contributed by atoms with van der Waals surface area (Å²) in [6.45, 7) is 3.03. The van der Waals surface area contributed by atoms with Crippen LogP contribution >= 0.6 is 23.4 Å². The van der Waals surface area contributed by atoms with E-state index in [2.05, 4.69) is 20.6 Å². The van der Waals surface area contributed by atoms with Crippen molar-refractivity contribution in [2.75, 3.05) is 6.54 Å². The highest BCUT2D eigenvalue weighted by Crippen LogP contribution is 2.34. The first-order chi connectivity index (χ1) is 14.0. The Morgan fingerprint density at radius 1 is 1.34 bits per heavy atom. The first-order valence-electron chi connectivity index (χ1n) is 9.30. The zero-order chi connectivity index (χ0) is 20.4. The fourth-order valence-corrected chi connectivity index (χ4v) is 4.63. The van der Waals surface area contributed by atoms with Crippen molar-refractivity contribution >= 4 is 28.5 Å². The molecule has 2 aliphatic heterocycles. The summed E-state index contributed by atoms with van der Waals surface area (Å²) in [6, 6.07) is 6.80. The largest absolute Gasteiger partial charge is 0.486 e. The molecule has 5 atom stereocenters. The number of aliphatic imine (C=N–C) groups is 1. The number of halogens is 1. The van der Waals surface area contributed by atoms with Crippen molar-refractivity contribution in [1.29, 1.82) is 0 Å². The van der Waals surface area contributed by atoms with Gasteiger partial charge in [0.1, 0.15) is 41.8 Å². The molecule has 0 saturated carbocycles. The molecule has 3 N–H and O–H groups in total. The number of aliphatic hydroxyl groups excluding tert-OH is 2. The Balaban J connectivity index is 1.37. The van der Waals surface area contributed by atoms with Crippen LogP contribution in [0.4, 0.5) is 0 Å². The summed E-state index contributed by atoms with van der Waals surface area (Å²) < 4.78 is 13.2. The van der Waals surface area contributed by atoms with E-state index in [1.165, 1.54) is 11.8 Å². The summed E-state index contributed by atoms with van der Waals surface area (Å²) in [6.07, 6.45) is -0.935. The minimum Gasteiger partial charge on any atom is -0.486 e. The number of nitrogens with one attached hydrogen (secondary N) is 1. The van der Waals surface area contributed by atoms with E-state index in [1.807, 2.05) is 19.1 Å². The van der Waals surface area contributed by atoms with Crippen molar-refractivity contribution in [3.8, 4) is 5.75 Å². The monoisotopic (exact) mass is 439 g/mol. The van der Waals surface area contributed by atoms with Crippen LogP contribution in [0.5, 0.6) is 5.75 Å². The second-order valence-corrected chi connectivity index (χ2v) is 8.24. The van der Waals surface area contributed by atoms with Crippen LogP contribution < -0.4 is 10.1 Å². The highest BCUT2D eigenvalue weighted by atomic mass is 35.5. The van der Waals surface area contributed by atoms with E-state index in [1.54, 1.807) is 23.0 Å². The molecule has 1 aromatic heterocycles. The highest BCUT2D eigenvalue weighted by molar-refractivity contribution is 8.14. The standard InChI is InChI=1S/C18H22ClN5O4S/c1-2-20-18-21-14-16(26)15(25)13(28-17(14)29-18)8-24-7-10(22-23-24)9-27-12-6-4-3-5-11(12)19/h3-7,13-17,25-26H,2,8-9H2,1H3,(H,20,21). The number of amidine groups is 1. The zero-order valence-corrected chi connectivity index (χ0v) is 17.3. The molecule has 11 heteroatoms. The topological polar surface area (TPSA) is 114 Å². The molecule has 9 nitrogen and oxygen atoms in total. The summed E-state index contributed by atoms with van der Waals surface area (Å²) in [4.78, 5) is 4.32. The van der Waals surface area contributed by atoms with Gasteiger partial charge in [-0.2, -0.15) is 0 Å². The van der Waals surface area contributed by atoms with E-state index in [0.717, 1.165) is 0 Å². The molecule has 2 saturated heterocycles. The fourth-order valence-electron chi connectivity index (χ4n) is 3.24. The van der Waals surface area contributed by atoms with Gasteiger partial charge in [0, 0.05) is 6.54 Å². The Bertz CT molecular complexity index is 881. The maximum Gasteiger partial charge on any atom is 0.159 e. The lowest BCUT2D eigenvalue weighted by Crippen LogP contribution is -2.59. The molecule has 3 heterocycles. The number of rotatable bonds is 6. The second kappa shape index (κ2) is 8.88. The number of aliphatic hydroxyl groups is 2. The molecule has 0 spiro atoms. The van der Waals surface area contributed by atoms with Crippen LogP contribution in [0.2, 0.25) is 5.02 Å². The van der Waals surface area contributed by atoms with E-state index < -0.39 is 24.4 Å². The summed E-state index contributed by atoms with van der Waals surface area (Å²) in [7, 11) is 0. The number of hydrogen-bond donors (Lipinski definition) is 3. The molecule has 1 aromatic carbocycles. The fraction of sp³-hybridized carbons (Fsp3) is 0.500. The molecule has 2 aliphatic rings. The molecular weight excluding hydrogens is 418 g/mol. The van der Waals surface area contributed by atoms with Crippen molar-refractivity contribution in [2.24, 2.45) is 4.99 Å². The van der Waals surface area contributed by atoms with Gasteiger partial charge in [-0.3, -0.25) is 4.99 Å². The van der Waals surface area contributed by atoms with Gasteiger partial charge in [0.2, 0.25) is 0 Å². The van der Waals surface area contributed by atoms with Gasteiger partial charge in [-0.1, -0.05) is 40.7 Å². The van der Waals surface area contributed by atoms with Crippen LogP contribution in [-0.2, 0) is 17.9 Å². The van der Waals surface area contributed by atoms with Crippen molar-refractivity contribution in [1.82, 2.24) is 20.3 Å².